The second kappa shape index (κ2) is 5.82. The lowest BCUT2D eigenvalue weighted by Crippen LogP contribution is -2.42. The molecule has 0 radical (unpaired) electrons. The number of esters is 1. The number of aliphatic carboxylic acids is 1. The lowest BCUT2D eigenvalue weighted by molar-refractivity contribution is -0.147. The summed E-state index contributed by atoms with van der Waals surface area (Å²) in [4.78, 5) is 36.2. The molecular weight excluding hydrogens is 276 g/mol. The molecule has 1 amide bonds. The Kier molecular flexibility index (Phi) is 4.11. The Morgan fingerprint density at radius 2 is 2.19 bits per heavy atom. The number of nitrogens with two attached hydrogens (primary N) is 1. The molecule has 7 nitrogen and oxygen atoms in total. The number of ether oxygens (including phenoxy) is 1. The van der Waals surface area contributed by atoms with Gasteiger partial charge in [0.2, 0.25) is 0 Å². The van der Waals surface area contributed by atoms with Crippen LogP contribution in [-0.4, -0.2) is 41.0 Å². The van der Waals surface area contributed by atoms with Gasteiger partial charge in [-0.25, -0.2) is 4.79 Å². The molecule has 0 aliphatic carbocycles. The van der Waals surface area contributed by atoms with E-state index in [0.29, 0.717) is 16.8 Å². The lowest BCUT2D eigenvalue weighted by Gasteiger charge is -2.25. The average Bonchev–Trinajstić information content (AvgIpc) is 2.78. The number of methoxy groups -OCH3 is 1. The summed E-state index contributed by atoms with van der Waals surface area (Å²) in [5.41, 5.74) is 7.42. The Morgan fingerprint density at radius 1 is 1.48 bits per heavy atom. The highest BCUT2D eigenvalue weighted by Crippen LogP contribution is 2.30. The minimum atomic E-state index is -1.03. The number of hydrogen-bond acceptors (Lipinski definition) is 5. The van der Waals surface area contributed by atoms with Crippen LogP contribution in [0.4, 0.5) is 5.69 Å². The van der Waals surface area contributed by atoms with Crippen LogP contribution in [0.15, 0.2) is 18.2 Å². The molecule has 0 saturated carbocycles. The van der Waals surface area contributed by atoms with E-state index in [4.69, 9.17) is 10.8 Å². The first-order chi connectivity index (χ1) is 9.95. The van der Waals surface area contributed by atoms with Crippen LogP contribution in [0.2, 0.25) is 0 Å². The Labute approximate surface area is 121 Å². The maximum absolute atomic E-state index is 12.4. The van der Waals surface area contributed by atoms with E-state index in [1.54, 1.807) is 18.2 Å². The first kappa shape index (κ1) is 14.8. The molecule has 1 aromatic rings. The normalized spacial score (nSPS) is 14.7. The highest BCUT2D eigenvalue weighted by atomic mass is 16.5. The van der Waals surface area contributed by atoms with Crippen LogP contribution >= 0.6 is 0 Å². The molecule has 0 fully saturated rings. The summed E-state index contributed by atoms with van der Waals surface area (Å²) >= 11 is 0. The predicted molar refractivity (Wildman–Crippen MR) is 73.4 cm³/mol. The maximum Gasteiger partial charge on any atom is 0.328 e. The van der Waals surface area contributed by atoms with Crippen molar-refractivity contribution in [2.75, 3.05) is 12.8 Å². The molecule has 1 heterocycles. The number of amides is 1. The number of benzene rings is 1. The second-order valence-corrected chi connectivity index (χ2v) is 4.78. The quantitative estimate of drug-likeness (QED) is 0.608. The van der Waals surface area contributed by atoms with Gasteiger partial charge in [0, 0.05) is 29.8 Å². The predicted octanol–water partition coefficient (Wildman–Crippen LogP) is 0.631. The monoisotopic (exact) mass is 292 g/mol. The van der Waals surface area contributed by atoms with E-state index in [1.165, 1.54) is 12.0 Å². The van der Waals surface area contributed by atoms with E-state index in [2.05, 4.69) is 4.74 Å². The number of carbonyl (C=O) groups is 3. The number of carboxylic acid groups (broad SMARTS) is 1. The van der Waals surface area contributed by atoms with Gasteiger partial charge >= 0.3 is 11.9 Å². The molecule has 1 atom stereocenters. The highest BCUT2D eigenvalue weighted by molar-refractivity contribution is 6.02. The van der Waals surface area contributed by atoms with Crippen LogP contribution in [0, 0.1) is 0 Å². The molecule has 0 aromatic heterocycles. The van der Waals surface area contributed by atoms with Crippen LogP contribution < -0.4 is 5.73 Å². The summed E-state index contributed by atoms with van der Waals surface area (Å²) in [6.07, 6.45) is -0.225. The Balaban J connectivity index is 2.27. The van der Waals surface area contributed by atoms with Gasteiger partial charge < -0.3 is 20.5 Å². The molecule has 1 unspecified atom stereocenters. The first-order valence-electron chi connectivity index (χ1n) is 6.43. The van der Waals surface area contributed by atoms with Crippen molar-refractivity contribution in [3.8, 4) is 0 Å². The molecule has 1 aliphatic heterocycles. The van der Waals surface area contributed by atoms with Crippen molar-refractivity contribution in [2.24, 2.45) is 0 Å². The minimum absolute atomic E-state index is 0.00163. The zero-order valence-corrected chi connectivity index (χ0v) is 11.5. The van der Waals surface area contributed by atoms with Crippen LogP contribution in [0.1, 0.15) is 28.8 Å². The van der Waals surface area contributed by atoms with Crippen LogP contribution in [-0.2, 0) is 20.9 Å². The van der Waals surface area contributed by atoms with Crippen molar-refractivity contribution in [1.82, 2.24) is 4.90 Å². The fourth-order valence-electron chi connectivity index (χ4n) is 2.43. The molecule has 7 heteroatoms. The third kappa shape index (κ3) is 2.81. The number of nitrogens with zero attached hydrogens (tertiary/aromatic N) is 1. The van der Waals surface area contributed by atoms with Gasteiger partial charge in [0.15, 0.2) is 0 Å². The van der Waals surface area contributed by atoms with Crippen molar-refractivity contribution in [3.05, 3.63) is 29.3 Å². The van der Waals surface area contributed by atoms with Gasteiger partial charge in [-0.2, -0.15) is 0 Å². The van der Waals surface area contributed by atoms with Crippen molar-refractivity contribution in [3.63, 3.8) is 0 Å². The molecule has 0 spiro atoms. The van der Waals surface area contributed by atoms with Crippen molar-refractivity contribution in [1.29, 1.82) is 0 Å². The largest absolute Gasteiger partial charge is 0.481 e. The molecule has 112 valence electrons. The van der Waals surface area contributed by atoms with Crippen LogP contribution in [0.25, 0.3) is 0 Å². The number of fused-ring (bicyclic) bond motifs is 1. The standard InChI is InChI=1S/C14H16N2O5/c1-21-14(20)11(5-6-12(17)18)16-7-9-8(13(16)19)3-2-4-10(9)15/h2-4,11H,5-7,15H2,1H3,(H,17,18). The number of anilines is 1. The van der Waals surface area contributed by atoms with Crippen LogP contribution in [0.3, 0.4) is 0 Å². The van der Waals surface area contributed by atoms with Crippen molar-refractivity contribution >= 4 is 23.5 Å². The van der Waals surface area contributed by atoms with Crippen molar-refractivity contribution in [2.45, 2.75) is 25.4 Å². The van der Waals surface area contributed by atoms with Gasteiger partial charge in [0.25, 0.3) is 5.91 Å². The van der Waals surface area contributed by atoms with E-state index >= 15 is 0 Å². The van der Waals surface area contributed by atoms with Gasteiger partial charge in [0.05, 0.1) is 7.11 Å². The third-order valence-corrected chi connectivity index (χ3v) is 3.51. The summed E-state index contributed by atoms with van der Waals surface area (Å²) in [5, 5.41) is 8.77. The molecular formula is C14H16N2O5. The van der Waals surface area contributed by atoms with Gasteiger partial charge in [-0.05, 0) is 18.6 Å². The van der Waals surface area contributed by atoms with Crippen LogP contribution in [0.5, 0.6) is 0 Å². The van der Waals surface area contributed by atoms with E-state index < -0.39 is 18.0 Å². The first-order valence-corrected chi connectivity index (χ1v) is 6.43. The number of nitrogen functional groups attached to an aromatic ring is 1. The summed E-state index contributed by atoms with van der Waals surface area (Å²) in [6, 6.07) is 4.06. The van der Waals surface area contributed by atoms with E-state index in [-0.39, 0.29) is 25.3 Å². The van der Waals surface area contributed by atoms with E-state index in [9.17, 15) is 14.4 Å². The molecule has 0 bridgehead atoms. The topological polar surface area (TPSA) is 110 Å². The molecule has 2 rings (SSSR count). The Bertz CT molecular complexity index is 599. The zero-order valence-electron chi connectivity index (χ0n) is 11.5. The lowest BCUT2D eigenvalue weighted by atomic mass is 10.1. The fourth-order valence-corrected chi connectivity index (χ4v) is 2.43. The zero-order chi connectivity index (χ0) is 15.6. The fraction of sp³-hybridized carbons (Fsp3) is 0.357. The Morgan fingerprint density at radius 3 is 2.76 bits per heavy atom. The number of carbonyl (C=O) groups excluding carboxylic acids is 2. The van der Waals surface area contributed by atoms with Gasteiger partial charge in [-0.3, -0.25) is 9.59 Å². The number of hydrogen-bond donors (Lipinski definition) is 2. The maximum atomic E-state index is 12.4. The molecule has 3 N–H and O–H groups in total. The molecule has 1 aromatic carbocycles. The molecule has 0 saturated heterocycles. The summed E-state index contributed by atoms with van der Waals surface area (Å²) in [7, 11) is 1.21. The molecule has 1 aliphatic rings. The summed E-state index contributed by atoms with van der Waals surface area (Å²) in [6.45, 7) is 0.181. The average molecular weight is 292 g/mol. The van der Waals surface area contributed by atoms with Gasteiger partial charge in [-0.15, -0.1) is 0 Å². The summed E-state index contributed by atoms with van der Waals surface area (Å²) in [5.74, 6) is -2.00. The number of rotatable bonds is 5. The summed E-state index contributed by atoms with van der Waals surface area (Å²) < 4.78 is 4.68. The Hall–Kier alpha value is -2.57. The molecule has 21 heavy (non-hydrogen) atoms. The highest BCUT2D eigenvalue weighted by Gasteiger charge is 2.37. The number of carboxylic acids is 1. The smallest absolute Gasteiger partial charge is 0.328 e. The van der Waals surface area contributed by atoms with Gasteiger partial charge in [-0.1, -0.05) is 6.07 Å². The van der Waals surface area contributed by atoms with E-state index in [0.717, 1.165) is 0 Å². The van der Waals surface area contributed by atoms with Crippen molar-refractivity contribution < 1.29 is 24.2 Å². The van der Waals surface area contributed by atoms with E-state index in [1.807, 2.05) is 0 Å². The SMILES string of the molecule is COC(=O)C(CCC(=O)O)N1Cc2c(N)cccc2C1=O. The second-order valence-electron chi connectivity index (χ2n) is 4.78. The van der Waals surface area contributed by atoms with Gasteiger partial charge in [0.1, 0.15) is 6.04 Å². The third-order valence-electron chi connectivity index (χ3n) is 3.51. The minimum Gasteiger partial charge on any atom is -0.481 e.